The molecule has 0 aliphatic rings. The summed E-state index contributed by atoms with van der Waals surface area (Å²) in [7, 11) is 1.59. The maximum atomic E-state index is 12.0. The zero-order chi connectivity index (χ0) is 18.9. The number of rotatable bonds is 8. The van der Waals surface area contributed by atoms with Crippen LogP contribution >= 0.6 is 0 Å². The van der Waals surface area contributed by atoms with Crippen molar-refractivity contribution in [2.75, 3.05) is 13.7 Å². The van der Waals surface area contributed by atoms with Crippen molar-refractivity contribution >= 4 is 12.0 Å². The molecule has 0 aromatic heterocycles. The van der Waals surface area contributed by atoms with Gasteiger partial charge in [-0.05, 0) is 29.7 Å². The molecule has 0 aliphatic carbocycles. The smallest absolute Gasteiger partial charge is 0.329 e. The Kier molecular flexibility index (Phi) is 6.99. The van der Waals surface area contributed by atoms with Gasteiger partial charge in [-0.25, -0.2) is 9.59 Å². The van der Waals surface area contributed by atoms with Gasteiger partial charge in [0.05, 0.1) is 7.11 Å². The van der Waals surface area contributed by atoms with Crippen molar-refractivity contribution in [3.8, 4) is 5.75 Å². The third-order valence-electron chi connectivity index (χ3n) is 3.87. The zero-order valence-corrected chi connectivity index (χ0v) is 14.4. The summed E-state index contributed by atoms with van der Waals surface area (Å²) in [6.07, 6.45) is -0.767. The lowest BCUT2D eigenvalue weighted by atomic mass is 10.0. The monoisotopic (exact) mass is 358 g/mol. The van der Waals surface area contributed by atoms with E-state index in [-0.39, 0.29) is 0 Å². The van der Waals surface area contributed by atoms with Gasteiger partial charge in [-0.1, -0.05) is 42.5 Å². The first-order valence-corrected chi connectivity index (χ1v) is 8.14. The topological polar surface area (TPSA) is 108 Å². The maximum Gasteiger partial charge on any atom is 0.329 e. The van der Waals surface area contributed by atoms with Crippen molar-refractivity contribution in [2.45, 2.75) is 18.6 Å². The van der Waals surface area contributed by atoms with E-state index in [4.69, 9.17) is 4.74 Å². The molecule has 2 aromatic rings. The first kappa shape index (κ1) is 19.3. The molecule has 2 amide bonds. The predicted octanol–water partition coefficient (Wildman–Crippen LogP) is 1.72. The first-order valence-electron chi connectivity index (χ1n) is 8.14. The van der Waals surface area contributed by atoms with E-state index in [2.05, 4.69) is 10.6 Å². The lowest BCUT2D eigenvalue weighted by Gasteiger charge is -2.21. The number of methoxy groups -OCH3 is 1. The Morgan fingerprint density at radius 3 is 2.31 bits per heavy atom. The number of benzene rings is 2. The molecule has 2 atom stereocenters. The van der Waals surface area contributed by atoms with Gasteiger partial charge in [-0.15, -0.1) is 0 Å². The summed E-state index contributed by atoms with van der Waals surface area (Å²) in [5.74, 6) is -0.565. The van der Waals surface area contributed by atoms with Crippen LogP contribution in [-0.4, -0.2) is 41.9 Å². The molecule has 4 N–H and O–H groups in total. The number of amides is 2. The summed E-state index contributed by atoms with van der Waals surface area (Å²) in [4.78, 5) is 23.4. The van der Waals surface area contributed by atoms with Crippen molar-refractivity contribution in [1.29, 1.82) is 0 Å². The number of hydrogen-bond donors (Lipinski definition) is 4. The lowest BCUT2D eigenvalue weighted by Crippen LogP contribution is -2.49. The SMILES string of the molecule is COc1ccc(CCNC(=O)NC(C(=O)O)C(O)c2ccccc2)cc1. The number of aliphatic carboxylic acids is 1. The highest BCUT2D eigenvalue weighted by Gasteiger charge is 2.29. The second kappa shape index (κ2) is 9.43. The van der Waals surface area contributed by atoms with Crippen molar-refractivity contribution in [1.82, 2.24) is 10.6 Å². The van der Waals surface area contributed by atoms with Gasteiger partial charge in [0.25, 0.3) is 0 Å². The molecule has 0 fully saturated rings. The average molecular weight is 358 g/mol. The Bertz CT molecular complexity index is 718. The summed E-state index contributed by atoms with van der Waals surface area (Å²) in [5.41, 5.74) is 1.42. The highest BCUT2D eigenvalue weighted by Crippen LogP contribution is 2.16. The molecular formula is C19H22N2O5. The Labute approximate surface area is 151 Å². The number of aliphatic hydroxyl groups is 1. The van der Waals surface area contributed by atoms with Crippen LogP contribution in [-0.2, 0) is 11.2 Å². The largest absolute Gasteiger partial charge is 0.497 e. The van der Waals surface area contributed by atoms with Crippen LogP contribution in [0.5, 0.6) is 5.75 Å². The predicted molar refractivity (Wildman–Crippen MR) is 96.1 cm³/mol. The zero-order valence-electron chi connectivity index (χ0n) is 14.4. The molecule has 0 heterocycles. The highest BCUT2D eigenvalue weighted by atomic mass is 16.5. The third kappa shape index (κ3) is 5.49. The fourth-order valence-corrected chi connectivity index (χ4v) is 2.42. The second-order valence-electron chi connectivity index (χ2n) is 5.67. The summed E-state index contributed by atoms with van der Waals surface area (Å²) in [5, 5.41) is 24.4. The molecule has 0 spiro atoms. The molecule has 7 nitrogen and oxygen atoms in total. The quantitative estimate of drug-likeness (QED) is 0.575. The van der Waals surface area contributed by atoms with Crippen molar-refractivity contribution in [3.05, 3.63) is 65.7 Å². The van der Waals surface area contributed by atoms with Gasteiger partial charge in [0.15, 0.2) is 6.04 Å². The molecule has 2 aromatic carbocycles. The summed E-state index contributed by atoms with van der Waals surface area (Å²) in [6, 6.07) is 13.7. The summed E-state index contributed by atoms with van der Waals surface area (Å²) in [6.45, 7) is 0.325. The number of carbonyl (C=O) groups is 2. The van der Waals surface area contributed by atoms with Gasteiger partial charge in [0.2, 0.25) is 0 Å². The van der Waals surface area contributed by atoms with Crippen LogP contribution in [0.2, 0.25) is 0 Å². The third-order valence-corrected chi connectivity index (χ3v) is 3.87. The second-order valence-corrected chi connectivity index (χ2v) is 5.67. The van der Waals surface area contributed by atoms with E-state index in [0.717, 1.165) is 11.3 Å². The van der Waals surface area contributed by atoms with Gasteiger partial charge < -0.3 is 25.6 Å². The van der Waals surface area contributed by atoms with Gasteiger partial charge >= 0.3 is 12.0 Å². The van der Waals surface area contributed by atoms with E-state index in [1.807, 2.05) is 24.3 Å². The van der Waals surface area contributed by atoms with E-state index in [1.54, 1.807) is 37.4 Å². The van der Waals surface area contributed by atoms with Crippen LogP contribution in [0, 0.1) is 0 Å². The molecule has 2 rings (SSSR count). The maximum absolute atomic E-state index is 12.0. The molecule has 2 unspecified atom stereocenters. The van der Waals surface area contributed by atoms with E-state index < -0.39 is 24.1 Å². The minimum atomic E-state index is -1.45. The fourth-order valence-electron chi connectivity index (χ4n) is 2.42. The molecule has 26 heavy (non-hydrogen) atoms. The fraction of sp³-hybridized carbons (Fsp3) is 0.263. The number of urea groups is 1. The number of hydrogen-bond acceptors (Lipinski definition) is 4. The van der Waals surface area contributed by atoms with Crippen molar-refractivity contribution in [3.63, 3.8) is 0 Å². The standard InChI is InChI=1S/C19H22N2O5/c1-26-15-9-7-13(8-10-15)11-12-20-19(25)21-16(18(23)24)17(22)14-5-3-2-4-6-14/h2-10,16-17,22H,11-12H2,1H3,(H,23,24)(H2,20,21,25). The van der Waals surface area contributed by atoms with E-state index in [0.29, 0.717) is 18.5 Å². The van der Waals surface area contributed by atoms with E-state index in [1.165, 1.54) is 0 Å². The first-order chi connectivity index (χ1) is 12.5. The van der Waals surface area contributed by atoms with Crippen molar-refractivity contribution < 1.29 is 24.5 Å². The summed E-state index contributed by atoms with van der Waals surface area (Å²) >= 11 is 0. The molecule has 138 valence electrons. The van der Waals surface area contributed by atoms with Crippen LogP contribution in [0.15, 0.2) is 54.6 Å². The number of carboxylic acids is 1. The van der Waals surface area contributed by atoms with Crippen LogP contribution in [0.25, 0.3) is 0 Å². The van der Waals surface area contributed by atoms with Gasteiger partial charge in [-0.3, -0.25) is 0 Å². The molecule has 0 bridgehead atoms. The van der Waals surface area contributed by atoms with E-state index >= 15 is 0 Å². The normalized spacial score (nSPS) is 12.7. The minimum Gasteiger partial charge on any atom is -0.497 e. The van der Waals surface area contributed by atoms with Crippen LogP contribution < -0.4 is 15.4 Å². The van der Waals surface area contributed by atoms with Crippen LogP contribution in [0.3, 0.4) is 0 Å². The Morgan fingerprint density at radius 1 is 1.08 bits per heavy atom. The molecular weight excluding hydrogens is 336 g/mol. The Hall–Kier alpha value is -3.06. The summed E-state index contributed by atoms with van der Waals surface area (Å²) < 4.78 is 5.08. The molecule has 0 radical (unpaired) electrons. The minimum absolute atomic E-state index is 0.325. The molecule has 0 aliphatic heterocycles. The molecule has 0 saturated heterocycles. The van der Waals surface area contributed by atoms with Crippen molar-refractivity contribution in [2.24, 2.45) is 0 Å². The number of carboxylic acid groups (broad SMARTS) is 1. The average Bonchev–Trinajstić information content (AvgIpc) is 2.66. The number of nitrogens with one attached hydrogen (secondary N) is 2. The van der Waals surface area contributed by atoms with Gasteiger partial charge in [-0.2, -0.15) is 0 Å². The van der Waals surface area contributed by atoms with Gasteiger partial charge in [0, 0.05) is 6.54 Å². The Balaban J connectivity index is 1.86. The molecule has 7 heteroatoms. The highest BCUT2D eigenvalue weighted by molar-refractivity contribution is 5.83. The van der Waals surface area contributed by atoms with Gasteiger partial charge in [0.1, 0.15) is 11.9 Å². The Morgan fingerprint density at radius 2 is 1.73 bits per heavy atom. The number of carbonyl (C=O) groups excluding carboxylic acids is 1. The lowest BCUT2D eigenvalue weighted by molar-refractivity contribution is -0.142. The van der Waals surface area contributed by atoms with E-state index in [9.17, 15) is 19.8 Å². The molecule has 0 saturated carbocycles. The number of ether oxygens (including phenoxy) is 1. The van der Waals surface area contributed by atoms with Crippen LogP contribution in [0.1, 0.15) is 17.2 Å². The number of aliphatic hydroxyl groups excluding tert-OH is 1. The van der Waals surface area contributed by atoms with Crippen LogP contribution in [0.4, 0.5) is 4.79 Å².